The Kier molecular flexibility index (Phi) is 7.31. The Morgan fingerprint density at radius 2 is 1.74 bits per heavy atom. The zero-order valence-electron chi connectivity index (χ0n) is 19.8. The van der Waals surface area contributed by atoms with Crippen LogP contribution in [0, 0.1) is 19.8 Å². The van der Waals surface area contributed by atoms with Crippen molar-refractivity contribution in [3.8, 4) is 11.1 Å². The maximum Gasteiger partial charge on any atom is 0.309 e. The lowest BCUT2D eigenvalue weighted by atomic mass is 9.93. The van der Waals surface area contributed by atoms with Gasteiger partial charge in [0, 0.05) is 24.0 Å². The molecule has 2 atom stereocenters. The summed E-state index contributed by atoms with van der Waals surface area (Å²) in [6.45, 7) is 3.85. The van der Waals surface area contributed by atoms with E-state index in [9.17, 15) is 19.8 Å². The van der Waals surface area contributed by atoms with Gasteiger partial charge < -0.3 is 10.2 Å². The lowest BCUT2D eigenvalue weighted by Gasteiger charge is -2.19. The first kappa shape index (κ1) is 24.2. The van der Waals surface area contributed by atoms with E-state index in [0.717, 1.165) is 27.9 Å². The van der Waals surface area contributed by atoms with Gasteiger partial charge in [0.25, 0.3) is 5.56 Å². The highest BCUT2D eigenvalue weighted by molar-refractivity contribution is 5.79. The van der Waals surface area contributed by atoms with Crippen molar-refractivity contribution in [2.24, 2.45) is 5.92 Å². The average molecular weight is 473 g/mol. The molecule has 0 saturated heterocycles. The number of fused-ring (bicyclic) bond motifs is 1. The molecule has 2 aromatic carbocycles. The number of carboxylic acid groups (broad SMARTS) is 1. The number of aryl methyl sites for hydroxylation is 4. The number of aromatic nitrogens is 4. The zero-order valence-corrected chi connectivity index (χ0v) is 19.8. The van der Waals surface area contributed by atoms with Crippen molar-refractivity contribution in [1.82, 2.24) is 20.0 Å². The van der Waals surface area contributed by atoms with Crippen LogP contribution in [0.5, 0.6) is 0 Å². The smallest absolute Gasteiger partial charge is 0.309 e. The van der Waals surface area contributed by atoms with Crippen LogP contribution in [0.25, 0.3) is 22.0 Å². The number of hydrogen-bond donors (Lipinski definition) is 2. The highest BCUT2D eigenvalue weighted by atomic mass is 16.4. The molecule has 180 valence electrons. The second-order valence-corrected chi connectivity index (χ2v) is 8.81. The zero-order chi connectivity index (χ0) is 24.9. The summed E-state index contributed by atoms with van der Waals surface area (Å²) < 4.78 is 1.17. The van der Waals surface area contributed by atoms with Crippen molar-refractivity contribution in [3.05, 3.63) is 88.0 Å². The molecule has 8 heteroatoms. The summed E-state index contributed by atoms with van der Waals surface area (Å²) in [5.41, 5.74) is 5.10. The van der Waals surface area contributed by atoms with Crippen LogP contribution < -0.4 is 5.56 Å². The van der Waals surface area contributed by atoms with E-state index in [0.29, 0.717) is 23.7 Å². The molecular formula is C27H28N4O4. The molecule has 0 unspecified atom stereocenters. The van der Waals surface area contributed by atoms with E-state index < -0.39 is 18.0 Å². The van der Waals surface area contributed by atoms with Crippen LogP contribution in [0.4, 0.5) is 0 Å². The molecule has 4 aromatic rings. The number of pyridine rings is 1. The number of carboxylic acids is 1. The van der Waals surface area contributed by atoms with Gasteiger partial charge in [0.15, 0.2) is 0 Å². The topological polar surface area (TPSA) is 118 Å². The molecule has 0 amide bonds. The molecule has 0 saturated carbocycles. The minimum atomic E-state index is -1.10. The van der Waals surface area contributed by atoms with Crippen molar-refractivity contribution < 1.29 is 15.0 Å². The minimum Gasteiger partial charge on any atom is -0.481 e. The van der Waals surface area contributed by atoms with Gasteiger partial charge in [-0.1, -0.05) is 47.7 Å². The molecule has 35 heavy (non-hydrogen) atoms. The first-order valence-electron chi connectivity index (χ1n) is 11.6. The summed E-state index contributed by atoms with van der Waals surface area (Å²) in [5, 5.41) is 28.9. The van der Waals surface area contributed by atoms with Gasteiger partial charge in [0.05, 0.1) is 17.4 Å². The van der Waals surface area contributed by atoms with E-state index in [-0.39, 0.29) is 18.5 Å². The summed E-state index contributed by atoms with van der Waals surface area (Å²) in [4.78, 5) is 28.9. The SMILES string of the molecule is Cc1ccc(-c2ccc(CC[C@@H](O)[C@H](CCn3nnc4c(C)cccc4c3=O)C(=O)O)cc2)cn1. The largest absolute Gasteiger partial charge is 0.481 e. The Morgan fingerprint density at radius 1 is 1.00 bits per heavy atom. The molecular weight excluding hydrogens is 444 g/mol. The number of aliphatic carboxylic acids is 1. The van der Waals surface area contributed by atoms with Crippen LogP contribution in [0.3, 0.4) is 0 Å². The molecule has 0 fully saturated rings. The monoisotopic (exact) mass is 472 g/mol. The number of carbonyl (C=O) groups is 1. The van der Waals surface area contributed by atoms with E-state index in [2.05, 4.69) is 15.3 Å². The van der Waals surface area contributed by atoms with Crippen molar-refractivity contribution >= 4 is 16.9 Å². The third kappa shape index (κ3) is 5.60. The third-order valence-electron chi connectivity index (χ3n) is 6.32. The number of hydrogen-bond acceptors (Lipinski definition) is 6. The van der Waals surface area contributed by atoms with E-state index in [1.807, 2.05) is 62.5 Å². The van der Waals surface area contributed by atoms with Gasteiger partial charge in [-0.2, -0.15) is 0 Å². The van der Waals surface area contributed by atoms with Crippen LogP contribution >= 0.6 is 0 Å². The van der Waals surface area contributed by atoms with Gasteiger partial charge in [0.1, 0.15) is 5.52 Å². The van der Waals surface area contributed by atoms with Gasteiger partial charge in [-0.3, -0.25) is 14.6 Å². The van der Waals surface area contributed by atoms with Crippen LogP contribution in [-0.2, 0) is 17.8 Å². The first-order valence-corrected chi connectivity index (χ1v) is 11.6. The first-order chi connectivity index (χ1) is 16.8. The normalized spacial score (nSPS) is 13.0. The second kappa shape index (κ2) is 10.6. The van der Waals surface area contributed by atoms with Crippen LogP contribution in [0.15, 0.2) is 65.6 Å². The quantitative estimate of drug-likeness (QED) is 0.382. The third-order valence-corrected chi connectivity index (χ3v) is 6.32. The fourth-order valence-electron chi connectivity index (χ4n) is 4.15. The molecule has 2 N–H and O–H groups in total. The van der Waals surface area contributed by atoms with Crippen LogP contribution in [0.2, 0.25) is 0 Å². The summed E-state index contributed by atoms with van der Waals surface area (Å²) in [7, 11) is 0. The number of aliphatic hydroxyl groups excluding tert-OH is 1. The molecule has 0 spiro atoms. The number of rotatable bonds is 9. The maximum atomic E-state index is 12.7. The Hall–Kier alpha value is -3.91. The highest BCUT2D eigenvalue weighted by Crippen LogP contribution is 2.21. The Bertz CT molecular complexity index is 1380. The molecule has 8 nitrogen and oxygen atoms in total. The van der Waals surface area contributed by atoms with E-state index in [1.165, 1.54) is 4.68 Å². The molecule has 0 aliphatic rings. The fourth-order valence-corrected chi connectivity index (χ4v) is 4.15. The highest BCUT2D eigenvalue weighted by Gasteiger charge is 2.26. The van der Waals surface area contributed by atoms with Gasteiger partial charge in [-0.15, -0.1) is 5.10 Å². The summed E-state index contributed by atoms with van der Waals surface area (Å²) in [6.07, 6.45) is 1.67. The van der Waals surface area contributed by atoms with Crippen LogP contribution in [0.1, 0.15) is 29.7 Å². The molecule has 2 heterocycles. The predicted octanol–water partition coefficient (Wildman–Crippen LogP) is 3.55. The molecule has 0 bridgehead atoms. The van der Waals surface area contributed by atoms with Crippen LogP contribution in [-0.4, -0.2) is 42.3 Å². The Balaban J connectivity index is 1.38. The van der Waals surface area contributed by atoms with Gasteiger partial charge in [0.2, 0.25) is 0 Å². The number of benzene rings is 2. The lowest BCUT2D eigenvalue weighted by molar-refractivity contribution is -0.146. The number of aliphatic hydroxyl groups is 1. The second-order valence-electron chi connectivity index (χ2n) is 8.81. The van der Waals surface area contributed by atoms with E-state index in [1.54, 1.807) is 12.1 Å². The summed E-state index contributed by atoms with van der Waals surface area (Å²) in [6, 6.07) is 17.2. The Labute approximate surface area is 202 Å². The molecule has 0 aliphatic carbocycles. The maximum absolute atomic E-state index is 12.7. The lowest BCUT2D eigenvalue weighted by Crippen LogP contribution is -2.32. The van der Waals surface area contributed by atoms with Crippen molar-refractivity contribution in [2.75, 3.05) is 0 Å². The van der Waals surface area contributed by atoms with E-state index >= 15 is 0 Å². The van der Waals surface area contributed by atoms with Crippen molar-refractivity contribution in [1.29, 1.82) is 0 Å². The standard InChI is InChI=1S/C27H28N4O4/c1-17-4-3-5-23-25(17)29-30-31(26(23)33)15-14-22(27(34)35)24(32)13-9-19-7-11-20(12-8-19)21-10-6-18(2)28-16-21/h3-8,10-12,16,22,24,32H,9,13-15H2,1-2H3,(H,34,35)/t22-,24+/m0/s1. The Morgan fingerprint density at radius 3 is 2.43 bits per heavy atom. The minimum absolute atomic E-state index is 0.0586. The molecule has 0 aliphatic heterocycles. The van der Waals surface area contributed by atoms with Gasteiger partial charge in [-0.25, -0.2) is 4.68 Å². The molecule has 2 aromatic heterocycles. The van der Waals surface area contributed by atoms with Gasteiger partial charge >= 0.3 is 5.97 Å². The van der Waals surface area contributed by atoms with E-state index in [4.69, 9.17) is 0 Å². The van der Waals surface area contributed by atoms with Gasteiger partial charge in [-0.05, 0) is 61.9 Å². The fraction of sp³-hybridized carbons (Fsp3) is 0.296. The van der Waals surface area contributed by atoms with Crippen molar-refractivity contribution in [2.45, 2.75) is 45.8 Å². The molecule has 4 rings (SSSR count). The predicted molar refractivity (Wildman–Crippen MR) is 133 cm³/mol. The average Bonchev–Trinajstić information content (AvgIpc) is 2.85. The molecule has 0 radical (unpaired) electrons. The summed E-state index contributed by atoms with van der Waals surface area (Å²) >= 11 is 0. The number of nitrogens with zero attached hydrogens (tertiary/aromatic N) is 4. The van der Waals surface area contributed by atoms with Crippen molar-refractivity contribution in [3.63, 3.8) is 0 Å². The summed E-state index contributed by atoms with van der Waals surface area (Å²) in [5.74, 6) is -2.12.